The monoisotopic (exact) mass is 240 g/mol. The molecule has 0 aliphatic rings. The summed E-state index contributed by atoms with van der Waals surface area (Å²) in [6.45, 7) is 0. The molecule has 2 aromatic carbocycles. The molecule has 1 amide bonds. The Balaban J connectivity index is 2.34. The molecule has 0 aliphatic heterocycles. The van der Waals surface area contributed by atoms with E-state index >= 15 is 0 Å². The Morgan fingerprint density at radius 3 is 2.17 bits per heavy atom. The SMILES string of the molecule is CN(C)C(=O)c1ccc(-c2ccccc2N)cc1. The molecule has 0 atom stereocenters. The van der Waals surface area contributed by atoms with Crippen LogP contribution in [0.2, 0.25) is 0 Å². The van der Waals surface area contributed by atoms with Crippen molar-refractivity contribution in [2.75, 3.05) is 19.8 Å². The van der Waals surface area contributed by atoms with Gasteiger partial charge < -0.3 is 10.6 Å². The maximum atomic E-state index is 11.8. The van der Waals surface area contributed by atoms with Gasteiger partial charge in [0.05, 0.1) is 0 Å². The molecule has 3 heteroatoms. The van der Waals surface area contributed by atoms with Crippen molar-refractivity contribution >= 4 is 11.6 Å². The van der Waals surface area contributed by atoms with Crippen molar-refractivity contribution in [1.29, 1.82) is 0 Å². The number of carbonyl (C=O) groups excluding carboxylic acids is 1. The summed E-state index contributed by atoms with van der Waals surface area (Å²) in [7, 11) is 3.48. The minimum atomic E-state index is 0.00239. The summed E-state index contributed by atoms with van der Waals surface area (Å²) in [6, 6.07) is 15.2. The number of nitrogens with two attached hydrogens (primary N) is 1. The van der Waals surface area contributed by atoms with E-state index in [2.05, 4.69) is 0 Å². The summed E-state index contributed by atoms with van der Waals surface area (Å²) in [5.41, 5.74) is 9.35. The van der Waals surface area contributed by atoms with Crippen LogP contribution in [-0.4, -0.2) is 24.9 Å². The number of nitrogen functional groups attached to an aromatic ring is 1. The van der Waals surface area contributed by atoms with Crippen molar-refractivity contribution in [1.82, 2.24) is 4.90 Å². The van der Waals surface area contributed by atoms with Gasteiger partial charge in [-0.2, -0.15) is 0 Å². The first-order chi connectivity index (χ1) is 8.59. The molecule has 0 spiro atoms. The first kappa shape index (κ1) is 12.2. The second-order valence-corrected chi connectivity index (χ2v) is 4.36. The summed E-state index contributed by atoms with van der Waals surface area (Å²) >= 11 is 0. The summed E-state index contributed by atoms with van der Waals surface area (Å²) in [6.07, 6.45) is 0. The van der Waals surface area contributed by atoms with Gasteiger partial charge in [0.2, 0.25) is 0 Å². The zero-order valence-corrected chi connectivity index (χ0v) is 10.6. The Morgan fingerprint density at radius 2 is 1.61 bits per heavy atom. The number of para-hydroxylation sites is 1. The van der Waals surface area contributed by atoms with Crippen LogP contribution in [0.5, 0.6) is 0 Å². The van der Waals surface area contributed by atoms with Crippen LogP contribution in [0.15, 0.2) is 48.5 Å². The first-order valence-electron chi connectivity index (χ1n) is 5.76. The lowest BCUT2D eigenvalue weighted by Gasteiger charge is -2.11. The van der Waals surface area contributed by atoms with Crippen LogP contribution < -0.4 is 5.73 Å². The van der Waals surface area contributed by atoms with Crippen LogP contribution >= 0.6 is 0 Å². The molecule has 0 heterocycles. The molecule has 0 aliphatic carbocycles. The number of anilines is 1. The van der Waals surface area contributed by atoms with E-state index in [1.807, 2.05) is 48.5 Å². The molecule has 0 saturated heterocycles. The Kier molecular flexibility index (Phi) is 3.33. The molecular weight excluding hydrogens is 224 g/mol. The van der Waals surface area contributed by atoms with Crippen LogP contribution in [-0.2, 0) is 0 Å². The lowest BCUT2D eigenvalue weighted by atomic mass is 10.0. The Bertz CT molecular complexity index is 559. The Morgan fingerprint density at radius 1 is 1.00 bits per heavy atom. The molecule has 0 bridgehead atoms. The van der Waals surface area contributed by atoms with E-state index in [0.29, 0.717) is 5.56 Å². The molecule has 2 N–H and O–H groups in total. The van der Waals surface area contributed by atoms with Crippen molar-refractivity contribution in [3.8, 4) is 11.1 Å². The van der Waals surface area contributed by atoms with Gasteiger partial charge in [-0.1, -0.05) is 30.3 Å². The highest BCUT2D eigenvalue weighted by Crippen LogP contribution is 2.25. The zero-order chi connectivity index (χ0) is 13.1. The van der Waals surface area contributed by atoms with Crippen molar-refractivity contribution in [2.45, 2.75) is 0 Å². The number of nitrogens with zero attached hydrogens (tertiary/aromatic N) is 1. The molecular formula is C15H16N2O. The lowest BCUT2D eigenvalue weighted by molar-refractivity contribution is 0.0827. The predicted molar refractivity (Wildman–Crippen MR) is 74.3 cm³/mol. The van der Waals surface area contributed by atoms with Crippen molar-refractivity contribution in [3.63, 3.8) is 0 Å². The minimum absolute atomic E-state index is 0.00239. The average Bonchev–Trinajstić information content (AvgIpc) is 2.38. The number of amides is 1. The fraction of sp³-hybridized carbons (Fsp3) is 0.133. The fourth-order valence-corrected chi connectivity index (χ4v) is 1.81. The average molecular weight is 240 g/mol. The smallest absolute Gasteiger partial charge is 0.253 e. The summed E-state index contributed by atoms with van der Waals surface area (Å²) in [5, 5.41) is 0. The highest BCUT2D eigenvalue weighted by Gasteiger charge is 2.08. The number of benzene rings is 2. The topological polar surface area (TPSA) is 46.3 Å². The minimum Gasteiger partial charge on any atom is -0.398 e. The van der Waals surface area contributed by atoms with E-state index in [4.69, 9.17) is 5.73 Å². The fourth-order valence-electron chi connectivity index (χ4n) is 1.81. The van der Waals surface area contributed by atoms with Gasteiger partial charge in [-0.05, 0) is 23.8 Å². The largest absolute Gasteiger partial charge is 0.398 e. The normalized spacial score (nSPS) is 10.1. The quantitative estimate of drug-likeness (QED) is 0.820. The van der Waals surface area contributed by atoms with E-state index in [9.17, 15) is 4.79 Å². The van der Waals surface area contributed by atoms with Crippen LogP contribution in [0.3, 0.4) is 0 Å². The van der Waals surface area contributed by atoms with E-state index in [1.54, 1.807) is 19.0 Å². The van der Waals surface area contributed by atoms with E-state index < -0.39 is 0 Å². The molecule has 0 fully saturated rings. The third-order valence-electron chi connectivity index (χ3n) is 2.81. The molecule has 0 radical (unpaired) electrons. The van der Waals surface area contributed by atoms with Gasteiger partial charge in [-0.3, -0.25) is 4.79 Å². The van der Waals surface area contributed by atoms with E-state index in [0.717, 1.165) is 16.8 Å². The van der Waals surface area contributed by atoms with Gasteiger partial charge in [-0.15, -0.1) is 0 Å². The number of hydrogen-bond acceptors (Lipinski definition) is 2. The van der Waals surface area contributed by atoms with Gasteiger partial charge in [0.25, 0.3) is 5.91 Å². The maximum Gasteiger partial charge on any atom is 0.253 e. The second-order valence-electron chi connectivity index (χ2n) is 4.36. The first-order valence-corrected chi connectivity index (χ1v) is 5.76. The third kappa shape index (κ3) is 2.35. The zero-order valence-electron chi connectivity index (χ0n) is 10.6. The summed E-state index contributed by atoms with van der Waals surface area (Å²) in [5.74, 6) is 0.00239. The van der Waals surface area contributed by atoms with Gasteiger partial charge >= 0.3 is 0 Å². The van der Waals surface area contributed by atoms with Crippen molar-refractivity contribution in [2.24, 2.45) is 0 Å². The molecule has 2 rings (SSSR count). The molecule has 2 aromatic rings. The molecule has 0 saturated carbocycles. The van der Waals surface area contributed by atoms with Gasteiger partial charge in [0.1, 0.15) is 0 Å². The van der Waals surface area contributed by atoms with Gasteiger partial charge in [-0.25, -0.2) is 0 Å². The standard InChI is InChI=1S/C15H16N2O/c1-17(2)15(18)12-9-7-11(8-10-12)13-5-3-4-6-14(13)16/h3-10H,16H2,1-2H3. The molecule has 0 unspecified atom stereocenters. The van der Waals surface area contributed by atoms with Crippen LogP contribution in [0.25, 0.3) is 11.1 Å². The summed E-state index contributed by atoms with van der Waals surface area (Å²) in [4.78, 5) is 13.3. The Labute approximate surface area is 107 Å². The second kappa shape index (κ2) is 4.92. The Hall–Kier alpha value is -2.29. The number of rotatable bonds is 2. The van der Waals surface area contributed by atoms with Crippen LogP contribution in [0.4, 0.5) is 5.69 Å². The predicted octanol–water partition coefficient (Wildman–Crippen LogP) is 2.64. The highest BCUT2D eigenvalue weighted by atomic mass is 16.2. The maximum absolute atomic E-state index is 11.8. The lowest BCUT2D eigenvalue weighted by Crippen LogP contribution is -2.21. The van der Waals surface area contributed by atoms with Gasteiger partial charge in [0, 0.05) is 30.9 Å². The summed E-state index contributed by atoms with van der Waals surface area (Å²) < 4.78 is 0. The van der Waals surface area contributed by atoms with E-state index in [-0.39, 0.29) is 5.91 Å². The number of carbonyl (C=O) groups is 1. The third-order valence-corrected chi connectivity index (χ3v) is 2.81. The highest BCUT2D eigenvalue weighted by molar-refractivity contribution is 5.94. The van der Waals surface area contributed by atoms with Crippen molar-refractivity contribution < 1.29 is 4.79 Å². The molecule has 18 heavy (non-hydrogen) atoms. The molecule has 0 aromatic heterocycles. The van der Waals surface area contributed by atoms with E-state index in [1.165, 1.54) is 0 Å². The van der Waals surface area contributed by atoms with Crippen LogP contribution in [0, 0.1) is 0 Å². The number of hydrogen-bond donors (Lipinski definition) is 1. The molecule has 92 valence electrons. The van der Waals surface area contributed by atoms with Crippen LogP contribution in [0.1, 0.15) is 10.4 Å². The molecule has 3 nitrogen and oxygen atoms in total. The van der Waals surface area contributed by atoms with Gasteiger partial charge in [0.15, 0.2) is 0 Å². The van der Waals surface area contributed by atoms with Crippen molar-refractivity contribution in [3.05, 3.63) is 54.1 Å².